The molecule has 0 N–H and O–H groups in total. The number of ether oxygens (including phenoxy) is 1. The van der Waals surface area contributed by atoms with Crippen molar-refractivity contribution in [1.82, 2.24) is 0 Å². The summed E-state index contributed by atoms with van der Waals surface area (Å²) in [5.41, 5.74) is 0.161. The van der Waals surface area contributed by atoms with Crippen molar-refractivity contribution in [3.05, 3.63) is 0 Å². The summed E-state index contributed by atoms with van der Waals surface area (Å²) in [6, 6.07) is 0. The molecule has 0 aliphatic heterocycles. The highest BCUT2D eigenvalue weighted by Crippen LogP contribution is 2.21. The van der Waals surface area contributed by atoms with Crippen molar-refractivity contribution in [2.75, 3.05) is 6.61 Å². The lowest BCUT2D eigenvalue weighted by Crippen LogP contribution is -2.16. The Hall–Kier alpha value is -0.860. The first-order chi connectivity index (χ1) is 8.49. The zero-order valence-corrected chi connectivity index (χ0v) is 13.5. The van der Waals surface area contributed by atoms with Crippen LogP contribution in [0.2, 0.25) is 0 Å². The van der Waals surface area contributed by atoms with Crippen LogP contribution in [0.25, 0.3) is 0 Å². The zero-order valence-electron chi connectivity index (χ0n) is 13.5. The third kappa shape index (κ3) is 13.4. The van der Waals surface area contributed by atoms with Crippen LogP contribution >= 0.6 is 0 Å². The predicted molar refractivity (Wildman–Crippen MR) is 78.0 cm³/mol. The van der Waals surface area contributed by atoms with Gasteiger partial charge in [0.15, 0.2) is 0 Å². The molecule has 0 spiro atoms. The lowest BCUT2D eigenvalue weighted by Gasteiger charge is -2.17. The Morgan fingerprint density at radius 2 is 1.47 bits per heavy atom. The molecule has 0 aromatic heterocycles. The number of hydrogen-bond acceptors (Lipinski definition) is 3. The summed E-state index contributed by atoms with van der Waals surface area (Å²) < 4.78 is 5.12. The molecule has 0 unspecified atom stereocenters. The Bertz CT molecular complexity index is 292. The van der Waals surface area contributed by atoms with E-state index in [9.17, 15) is 9.59 Å². The van der Waals surface area contributed by atoms with Gasteiger partial charge in [0.05, 0.1) is 13.0 Å². The maximum absolute atomic E-state index is 11.6. The fourth-order valence-corrected chi connectivity index (χ4v) is 1.58. The number of esters is 1. The van der Waals surface area contributed by atoms with Gasteiger partial charge in [-0.1, -0.05) is 41.5 Å². The SMILES string of the molecule is CC(C)(C)CCC(=O)CCCOC(=O)CC(C)(C)C. The van der Waals surface area contributed by atoms with Gasteiger partial charge in [0.25, 0.3) is 0 Å². The first-order valence-electron chi connectivity index (χ1n) is 7.17. The van der Waals surface area contributed by atoms with Crippen LogP contribution in [0.1, 0.15) is 73.6 Å². The highest BCUT2D eigenvalue weighted by Gasteiger charge is 2.17. The van der Waals surface area contributed by atoms with Gasteiger partial charge in [-0.05, 0) is 23.7 Å². The number of carbonyl (C=O) groups excluding carboxylic acids is 2. The number of ketones is 1. The molecule has 0 fully saturated rings. The van der Waals surface area contributed by atoms with Crippen molar-refractivity contribution in [1.29, 1.82) is 0 Å². The molecular weight excluding hydrogens is 240 g/mol. The van der Waals surface area contributed by atoms with Crippen molar-refractivity contribution in [2.45, 2.75) is 73.6 Å². The average molecular weight is 270 g/mol. The molecule has 0 aliphatic carbocycles. The van der Waals surface area contributed by atoms with E-state index >= 15 is 0 Å². The summed E-state index contributed by atoms with van der Waals surface area (Å²) >= 11 is 0. The lowest BCUT2D eigenvalue weighted by molar-refractivity contribution is -0.146. The van der Waals surface area contributed by atoms with Crippen LogP contribution in [-0.4, -0.2) is 18.4 Å². The van der Waals surface area contributed by atoms with Gasteiger partial charge < -0.3 is 4.74 Å². The van der Waals surface area contributed by atoms with E-state index in [2.05, 4.69) is 20.8 Å². The van der Waals surface area contributed by atoms with Crippen LogP contribution in [-0.2, 0) is 14.3 Å². The minimum atomic E-state index is -0.172. The second-order valence-electron chi connectivity index (χ2n) is 7.66. The van der Waals surface area contributed by atoms with E-state index in [0.717, 1.165) is 6.42 Å². The molecule has 112 valence electrons. The number of Topliss-reactive ketones (excluding diaryl/α,β-unsaturated/α-hetero) is 1. The third-order valence-electron chi connectivity index (χ3n) is 2.69. The summed E-state index contributed by atoms with van der Waals surface area (Å²) in [4.78, 5) is 23.1. The average Bonchev–Trinajstić information content (AvgIpc) is 2.18. The van der Waals surface area contributed by atoms with Crippen LogP contribution in [0.4, 0.5) is 0 Å². The van der Waals surface area contributed by atoms with Gasteiger partial charge in [-0.2, -0.15) is 0 Å². The maximum atomic E-state index is 11.6. The molecule has 0 bridgehead atoms. The van der Waals surface area contributed by atoms with E-state index in [1.54, 1.807) is 0 Å². The summed E-state index contributed by atoms with van der Waals surface area (Å²) in [7, 11) is 0. The monoisotopic (exact) mass is 270 g/mol. The van der Waals surface area contributed by atoms with Crippen molar-refractivity contribution < 1.29 is 14.3 Å². The molecule has 0 saturated heterocycles. The normalized spacial score (nSPS) is 12.3. The molecule has 19 heavy (non-hydrogen) atoms. The second kappa shape index (κ2) is 7.66. The van der Waals surface area contributed by atoms with Crippen molar-refractivity contribution in [3.8, 4) is 0 Å². The van der Waals surface area contributed by atoms with Gasteiger partial charge in [0.2, 0.25) is 0 Å². The molecule has 3 nitrogen and oxygen atoms in total. The number of carbonyl (C=O) groups is 2. The van der Waals surface area contributed by atoms with E-state index in [0.29, 0.717) is 32.3 Å². The van der Waals surface area contributed by atoms with Crippen LogP contribution in [0, 0.1) is 10.8 Å². The Morgan fingerprint density at radius 3 is 1.95 bits per heavy atom. The van der Waals surface area contributed by atoms with E-state index in [1.165, 1.54) is 0 Å². The summed E-state index contributed by atoms with van der Waals surface area (Å²) in [6.07, 6.45) is 3.11. The van der Waals surface area contributed by atoms with E-state index in [4.69, 9.17) is 4.74 Å². The van der Waals surface area contributed by atoms with Gasteiger partial charge in [-0.25, -0.2) is 0 Å². The molecule has 0 aliphatic rings. The first kappa shape index (κ1) is 18.1. The van der Waals surface area contributed by atoms with Gasteiger partial charge in [-0.15, -0.1) is 0 Å². The van der Waals surface area contributed by atoms with E-state index in [1.807, 2.05) is 20.8 Å². The quantitative estimate of drug-likeness (QED) is 0.516. The molecule has 3 heteroatoms. The largest absolute Gasteiger partial charge is 0.466 e. The van der Waals surface area contributed by atoms with Crippen molar-refractivity contribution in [2.24, 2.45) is 10.8 Å². The molecular formula is C16H30O3. The van der Waals surface area contributed by atoms with E-state index in [-0.39, 0.29) is 22.6 Å². The number of hydrogen-bond donors (Lipinski definition) is 0. The van der Waals surface area contributed by atoms with Crippen molar-refractivity contribution in [3.63, 3.8) is 0 Å². The molecule has 0 radical (unpaired) electrons. The van der Waals surface area contributed by atoms with Crippen molar-refractivity contribution >= 4 is 11.8 Å². The first-order valence-corrected chi connectivity index (χ1v) is 7.17. The van der Waals surface area contributed by atoms with Crippen LogP contribution in [0.5, 0.6) is 0 Å². The van der Waals surface area contributed by atoms with Gasteiger partial charge in [0, 0.05) is 12.8 Å². The fraction of sp³-hybridized carbons (Fsp3) is 0.875. The fourth-order valence-electron chi connectivity index (χ4n) is 1.58. The molecule has 0 heterocycles. The zero-order chi connectivity index (χ0) is 15.1. The summed E-state index contributed by atoms with van der Waals surface area (Å²) in [5.74, 6) is 0.0939. The molecule has 0 rings (SSSR count). The lowest BCUT2D eigenvalue weighted by atomic mass is 9.89. The molecule has 0 aromatic carbocycles. The van der Waals surface area contributed by atoms with E-state index < -0.39 is 0 Å². The Kier molecular flexibility index (Phi) is 7.32. The molecule has 0 atom stereocenters. The Labute approximate surface area is 118 Å². The summed E-state index contributed by atoms with van der Waals surface area (Å²) in [5, 5.41) is 0. The van der Waals surface area contributed by atoms with Crippen LogP contribution in [0.3, 0.4) is 0 Å². The highest BCUT2D eigenvalue weighted by molar-refractivity contribution is 5.78. The highest BCUT2D eigenvalue weighted by atomic mass is 16.5. The molecule has 0 amide bonds. The summed E-state index contributed by atoms with van der Waals surface area (Å²) in [6.45, 7) is 12.8. The van der Waals surface area contributed by atoms with Gasteiger partial charge in [-0.3, -0.25) is 9.59 Å². The minimum Gasteiger partial charge on any atom is -0.466 e. The standard InChI is InChI=1S/C16H30O3/c1-15(2,3)10-9-13(17)8-7-11-19-14(18)12-16(4,5)6/h7-12H2,1-6H3. The third-order valence-corrected chi connectivity index (χ3v) is 2.69. The second-order valence-corrected chi connectivity index (χ2v) is 7.66. The smallest absolute Gasteiger partial charge is 0.306 e. The van der Waals surface area contributed by atoms with Gasteiger partial charge >= 0.3 is 5.97 Å². The van der Waals surface area contributed by atoms with Gasteiger partial charge in [0.1, 0.15) is 5.78 Å². The molecule has 0 aromatic rings. The maximum Gasteiger partial charge on any atom is 0.306 e. The predicted octanol–water partition coefficient (Wildman–Crippen LogP) is 4.14. The topological polar surface area (TPSA) is 43.4 Å². The number of rotatable bonds is 7. The van der Waals surface area contributed by atoms with Crippen LogP contribution in [0.15, 0.2) is 0 Å². The minimum absolute atomic E-state index is 0.0421. The Morgan fingerprint density at radius 1 is 0.895 bits per heavy atom. The Balaban J connectivity index is 3.64. The molecule has 0 saturated carbocycles. The van der Waals surface area contributed by atoms with Crippen LogP contribution < -0.4 is 0 Å².